The van der Waals surface area contributed by atoms with Gasteiger partial charge in [-0.25, -0.2) is 14.5 Å². The summed E-state index contributed by atoms with van der Waals surface area (Å²) in [6, 6.07) is -0.762. The van der Waals surface area contributed by atoms with Crippen molar-refractivity contribution in [2.75, 3.05) is 13.2 Å². The number of imide groups is 1. The highest BCUT2D eigenvalue weighted by Crippen LogP contribution is 1.94. The maximum atomic E-state index is 10.9. The molecule has 0 spiro atoms. The lowest BCUT2D eigenvalue weighted by atomic mass is 10.5. The summed E-state index contributed by atoms with van der Waals surface area (Å²) >= 11 is 0. The zero-order valence-electron chi connectivity index (χ0n) is 5.96. The van der Waals surface area contributed by atoms with Crippen LogP contribution in [-0.4, -0.2) is 30.2 Å². The highest BCUT2D eigenvalue weighted by molar-refractivity contribution is 5.95. The van der Waals surface area contributed by atoms with Crippen molar-refractivity contribution < 1.29 is 9.59 Å². The molecule has 0 atom stereocenters. The fourth-order valence-corrected chi connectivity index (χ4v) is 0.773. The third-order valence-corrected chi connectivity index (χ3v) is 1.28. The maximum absolute atomic E-state index is 10.9. The predicted octanol–water partition coefficient (Wildman–Crippen LogP) is -0.135. The molecule has 1 aliphatic heterocycles. The Kier molecular flexibility index (Phi) is 2.10. The van der Waals surface area contributed by atoms with Gasteiger partial charge in [-0.2, -0.15) is 0 Å². The first kappa shape index (κ1) is 7.59. The highest BCUT2D eigenvalue weighted by Gasteiger charge is 2.23. The number of carbonyl (C=O) groups is 2. The molecule has 1 rings (SSSR count). The van der Waals surface area contributed by atoms with Crippen LogP contribution in [0.15, 0.2) is 12.7 Å². The molecule has 0 radical (unpaired) electrons. The summed E-state index contributed by atoms with van der Waals surface area (Å²) in [5.41, 5.74) is 0. The minimum atomic E-state index is -0.381. The van der Waals surface area contributed by atoms with E-state index in [1.807, 2.05) is 0 Å². The topological polar surface area (TPSA) is 61.4 Å². The first-order valence-electron chi connectivity index (χ1n) is 3.20. The largest absolute Gasteiger partial charge is 0.327 e. The molecule has 2 N–H and O–H groups in total. The predicted molar refractivity (Wildman–Crippen MR) is 38.8 cm³/mol. The normalized spacial score (nSPS) is 17.3. The fourth-order valence-electron chi connectivity index (χ4n) is 0.773. The van der Waals surface area contributed by atoms with Crippen LogP contribution in [0.4, 0.5) is 9.59 Å². The maximum Gasteiger partial charge on any atom is 0.327 e. The third-order valence-electron chi connectivity index (χ3n) is 1.28. The summed E-state index contributed by atoms with van der Waals surface area (Å²) in [4.78, 5) is 22.8. The Bertz CT molecular complexity index is 186. The molecule has 1 aliphatic rings. The van der Waals surface area contributed by atoms with Gasteiger partial charge in [-0.1, -0.05) is 6.08 Å². The number of carbonyl (C=O) groups excluding carboxylic acids is 2. The summed E-state index contributed by atoms with van der Waals surface area (Å²) in [6.07, 6.45) is 1.49. The molecule has 4 amide bonds. The zero-order chi connectivity index (χ0) is 8.27. The number of urea groups is 2. The molecule has 1 fully saturated rings. The van der Waals surface area contributed by atoms with Gasteiger partial charge in [-0.3, -0.25) is 0 Å². The Morgan fingerprint density at radius 1 is 1.45 bits per heavy atom. The van der Waals surface area contributed by atoms with E-state index in [2.05, 4.69) is 17.2 Å². The average Bonchev–Trinajstić information content (AvgIpc) is 1.97. The second kappa shape index (κ2) is 3.05. The van der Waals surface area contributed by atoms with Crippen molar-refractivity contribution in [1.29, 1.82) is 0 Å². The van der Waals surface area contributed by atoms with E-state index >= 15 is 0 Å². The Balaban J connectivity index is 2.62. The van der Waals surface area contributed by atoms with Crippen molar-refractivity contribution in [3.05, 3.63) is 12.7 Å². The number of hydrogen-bond acceptors (Lipinski definition) is 2. The van der Waals surface area contributed by atoms with Crippen LogP contribution in [0, 0.1) is 0 Å². The molecule has 0 aromatic carbocycles. The van der Waals surface area contributed by atoms with E-state index in [9.17, 15) is 9.59 Å². The van der Waals surface area contributed by atoms with Gasteiger partial charge in [0.15, 0.2) is 0 Å². The van der Waals surface area contributed by atoms with Crippen molar-refractivity contribution >= 4 is 12.1 Å². The van der Waals surface area contributed by atoms with E-state index in [0.29, 0.717) is 0 Å². The quantitative estimate of drug-likeness (QED) is 0.545. The second-order valence-corrected chi connectivity index (χ2v) is 2.04. The zero-order valence-corrected chi connectivity index (χ0v) is 5.96. The molecular weight excluding hydrogens is 146 g/mol. The van der Waals surface area contributed by atoms with Crippen LogP contribution in [0.1, 0.15) is 0 Å². The van der Waals surface area contributed by atoms with Gasteiger partial charge >= 0.3 is 12.1 Å². The van der Waals surface area contributed by atoms with E-state index in [4.69, 9.17) is 0 Å². The van der Waals surface area contributed by atoms with Crippen molar-refractivity contribution in [2.24, 2.45) is 0 Å². The van der Waals surface area contributed by atoms with E-state index in [1.165, 1.54) is 6.08 Å². The van der Waals surface area contributed by atoms with E-state index in [0.717, 1.165) is 4.90 Å². The fraction of sp³-hybridized carbons (Fsp3) is 0.333. The minimum absolute atomic E-state index is 0.200. The standard InChI is InChI=1S/C6H9N3O2/c1-2-3-9-5(10)7-4-8-6(9)11/h2H,1,3-4H2,(H,7,10)(H,8,11). The van der Waals surface area contributed by atoms with E-state index in [1.54, 1.807) is 0 Å². The molecule has 1 heterocycles. The number of nitrogens with zero attached hydrogens (tertiary/aromatic N) is 1. The Morgan fingerprint density at radius 3 is 2.45 bits per heavy atom. The van der Waals surface area contributed by atoms with Crippen molar-refractivity contribution in [3.63, 3.8) is 0 Å². The number of nitrogens with one attached hydrogen (secondary N) is 2. The molecule has 5 nitrogen and oxygen atoms in total. The Hall–Kier alpha value is -1.52. The van der Waals surface area contributed by atoms with Gasteiger partial charge in [0.05, 0.1) is 6.67 Å². The lowest BCUT2D eigenvalue weighted by Gasteiger charge is -2.24. The van der Waals surface area contributed by atoms with E-state index in [-0.39, 0.29) is 25.3 Å². The Morgan fingerprint density at radius 2 is 2.00 bits per heavy atom. The summed E-state index contributed by atoms with van der Waals surface area (Å²) in [7, 11) is 0. The van der Waals surface area contributed by atoms with Crippen LogP contribution < -0.4 is 10.6 Å². The van der Waals surface area contributed by atoms with Gasteiger partial charge in [-0.05, 0) is 0 Å². The highest BCUT2D eigenvalue weighted by atomic mass is 16.2. The molecule has 0 bridgehead atoms. The van der Waals surface area contributed by atoms with Crippen LogP contribution in [0.2, 0.25) is 0 Å². The molecule has 60 valence electrons. The molecule has 0 saturated carbocycles. The molecule has 0 aliphatic carbocycles. The summed E-state index contributed by atoms with van der Waals surface area (Å²) < 4.78 is 0. The van der Waals surface area contributed by atoms with Gasteiger partial charge in [0.1, 0.15) is 0 Å². The summed E-state index contributed by atoms with van der Waals surface area (Å²) in [5, 5.41) is 4.91. The second-order valence-electron chi connectivity index (χ2n) is 2.04. The SMILES string of the molecule is C=CCN1C(=O)NCNC1=O. The van der Waals surface area contributed by atoms with Crippen molar-refractivity contribution in [1.82, 2.24) is 15.5 Å². The van der Waals surface area contributed by atoms with Crippen LogP contribution in [0.25, 0.3) is 0 Å². The first-order chi connectivity index (χ1) is 5.25. The lowest BCUT2D eigenvalue weighted by Crippen LogP contribution is -2.57. The number of rotatable bonds is 2. The van der Waals surface area contributed by atoms with Crippen LogP contribution >= 0.6 is 0 Å². The molecule has 5 heteroatoms. The molecular formula is C6H9N3O2. The number of amides is 4. The number of hydrogen-bond donors (Lipinski definition) is 2. The van der Waals surface area contributed by atoms with Crippen molar-refractivity contribution in [2.45, 2.75) is 0 Å². The minimum Gasteiger partial charge on any atom is -0.320 e. The van der Waals surface area contributed by atoms with Gasteiger partial charge < -0.3 is 10.6 Å². The lowest BCUT2D eigenvalue weighted by molar-refractivity contribution is 0.179. The molecule has 0 aromatic heterocycles. The van der Waals surface area contributed by atoms with Gasteiger partial charge in [-0.15, -0.1) is 6.58 Å². The Labute approximate surface area is 64.1 Å². The van der Waals surface area contributed by atoms with Crippen LogP contribution in [0.3, 0.4) is 0 Å². The smallest absolute Gasteiger partial charge is 0.320 e. The molecule has 11 heavy (non-hydrogen) atoms. The van der Waals surface area contributed by atoms with Crippen LogP contribution in [0.5, 0.6) is 0 Å². The summed E-state index contributed by atoms with van der Waals surface area (Å²) in [5.74, 6) is 0. The van der Waals surface area contributed by atoms with Crippen molar-refractivity contribution in [3.8, 4) is 0 Å². The monoisotopic (exact) mass is 155 g/mol. The van der Waals surface area contributed by atoms with Crippen LogP contribution in [-0.2, 0) is 0 Å². The molecule has 0 unspecified atom stereocenters. The van der Waals surface area contributed by atoms with E-state index < -0.39 is 0 Å². The molecule has 0 aromatic rings. The first-order valence-corrected chi connectivity index (χ1v) is 3.20. The van der Waals surface area contributed by atoms with Gasteiger partial charge in [0, 0.05) is 6.54 Å². The van der Waals surface area contributed by atoms with Gasteiger partial charge in [0.2, 0.25) is 0 Å². The molecule has 1 saturated heterocycles. The third kappa shape index (κ3) is 1.49. The van der Waals surface area contributed by atoms with Gasteiger partial charge in [0.25, 0.3) is 0 Å². The summed E-state index contributed by atoms with van der Waals surface area (Å²) in [6.45, 7) is 3.86. The average molecular weight is 155 g/mol.